The fourth-order valence-electron chi connectivity index (χ4n) is 2.49. The molecule has 1 aliphatic heterocycles. The van der Waals surface area contributed by atoms with E-state index in [0.717, 1.165) is 18.7 Å². The summed E-state index contributed by atoms with van der Waals surface area (Å²) < 4.78 is 5.37. The Morgan fingerprint density at radius 2 is 1.95 bits per heavy atom. The zero-order valence-corrected chi connectivity index (χ0v) is 11.2. The number of hydrogen-bond donors (Lipinski definition) is 0. The zero-order chi connectivity index (χ0) is 13.7. The number of hydrogen-bond acceptors (Lipinski definition) is 3. The lowest BCUT2D eigenvalue weighted by atomic mass is 9.85. The molecule has 2 rings (SSSR count). The van der Waals surface area contributed by atoms with E-state index in [1.807, 2.05) is 31.2 Å². The number of benzene rings is 1. The van der Waals surface area contributed by atoms with Crippen LogP contribution in [0.3, 0.4) is 0 Å². The maximum Gasteiger partial charge on any atom is 0.145 e. The van der Waals surface area contributed by atoms with E-state index in [1.54, 1.807) is 0 Å². The first-order valence-electron chi connectivity index (χ1n) is 6.47. The Bertz CT molecular complexity index is 503. The topological polar surface area (TPSA) is 36.3 Å². The summed E-state index contributed by atoms with van der Waals surface area (Å²) in [6, 6.07) is 10.5. The van der Waals surface area contributed by atoms with Crippen LogP contribution in [0.5, 0.6) is 0 Å². The fourth-order valence-corrected chi connectivity index (χ4v) is 2.49. The van der Waals surface area contributed by atoms with Crippen molar-refractivity contribution in [1.29, 1.82) is 5.26 Å². The Morgan fingerprint density at radius 1 is 1.32 bits per heavy atom. The number of nitriles is 1. The summed E-state index contributed by atoms with van der Waals surface area (Å²) in [6.45, 7) is 4.82. The molecule has 1 aromatic carbocycles. The van der Waals surface area contributed by atoms with Gasteiger partial charge < -0.3 is 4.74 Å². The van der Waals surface area contributed by atoms with E-state index in [-0.39, 0.29) is 0 Å². The molecule has 0 amide bonds. The van der Waals surface area contributed by atoms with Crippen molar-refractivity contribution >= 4 is 0 Å². The number of nitrogens with zero attached hydrogens (tertiary/aromatic N) is 2. The van der Waals surface area contributed by atoms with E-state index < -0.39 is 5.54 Å². The summed E-state index contributed by atoms with van der Waals surface area (Å²) in [5.41, 5.74) is 1.42. The molecule has 1 saturated heterocycles. The first-order chi connectivity index (χ1) is 9.23. The highest BCUT2D eigenvalue weighted by Gasteiger charge is 2.39. The molecular weight excluding hydrogens is 236 g/mol. The van der Waals surface area contributed by atoms with E-state index in [9.17, 15) is 5.26 Å². The molecule has 0 spiro atoms. The minimum Gasteiger partial charge on any atom is -0.379 e. The van der Waals surface area contributed by atoms with Gasteiger partial charge in [0.25, 0.3) is 0 Å². The van der Waals surface area contributed by atoms with Crippen LogP contribution in [0, 0.1) is 30.6 Å². The van der Waals surface area contributed by atoms with Crippen LogP contribution in [-0.4, -0.2) is 31.2 Å². The predicted octanol–water partition coefficient (Wildman–Crippen LogP) is 2.07. The fraction of sp³-hybridized carbons (Fsp3) is 0.438. The van der Waals surface area contributed by atoms with Crippen LogP contribution in [0.15, 0.2) is 24.3 Å². The maximum absolute atomic E-state index is 9.75. The van der Waals surface area contributed by atoms with Crippen LogP contribution in [0.2, 0.25) is 0 Å². The number of terminal acetylenes is 1. The molecule has 19 heavy (non-hydrogen) atoms. The summed E-state index contributed by atoms with van der Waals surface area (Å²) >= 11 is 0. The Morgan fingerprint density at radius 3 is 2.47 bits per heavy atom. The zero-order valence-electron chi connectivity index (χ0n) is 11.2. The third-order valence-electron chi connectivity index (χ3n) is 3.62. The van der Waals surface area contributed by atoms with Gasteiger partial charge in [-0.25, -0.2) is 0 Å². The van der Waals surface area contributed by atoms with E-state index in [2.05, 4.69) is 16.9 Å². The molecule has 0 N–H and O–H groups in total. The molecule has 1 atom stereocenters. The van der Waals surface area contributed by atoms with Gasteiger partial charge in [-0.3, -0.25) is 4.90 Å². The monoisotopic (exact) mass is 254 g/mol. The van der Waals surface area contributed by atoms with Crippen molar-refractivity contribution in [2.75, 3.05) is 26.3 Å². The molecule has 1 heterocycles. The van der Waals surface area contributed by atoms with Gasteiger partial charge in [-0.2, -0.15) is 5.26 Å². The molecule has 0 aliphatic carbocycles. The van der Waals surface area contributed by atoms with E-state index in [1.165, 1.54) is 5.56 Å². The minimum absolute atomic E-state index is 0.395. The quantitative estimate of drug-likeness (QED) is 0.775. The third-order valence-corrected chi connectivity index (χ3v) is 3.62. The van der Waals surface area contributed by atoms with Gasteiger partial charge in [0.2, 0.25) is 0 Å². The van der Waals surface area contributed by atoms with Crippen molar-refractivity contribution in [1.82, 2.24) is 4.90 Å². The summed E-state index contributed by atoms with van der Waals surface area (Å²) in [4.78, 5) is 2.14. The Hall–Kier alpha value is -1.81. The summed E-state index contributed by atoms with van der Waals surface area (Å²) in [5, 5.41) is 9.75. The third kappa shape index (κ3) is 2.63. The van der Waals surface area contributed by atoms with Gasteiger partial charge in [0.1, 0.15) is 5.54 Å². The van der Waals surface area contributed by atoms with Crippen LogP contribution >= 0.6 is 0 Å². The lowest BCUT2D eigenvalue weighted by Crippen LogP contribution is -2.50. The molecule has 1 aliphatic rings. The highest BCUT2D eigenvalue weighted by atomic mass is 16.5. The highest BCUT2D eigenvalue weighted by Crippen LogP contribution is 2.32. The van der Waals surface area contributed by atoms with E-state index >= 15 is 0 Å². The molecule has 0 bridgehead atoms. The molecule has 1 unspecified atom stereocenters. The second kappa shape index (κ2) is 5.89. The molecule has 0 saturated carbocycles. The average Bonchev–Trinajstić information content (AvgIpc) is 2.47. The van der Waals surface area contributed by atoms with Crippen LogP contribution in [-0.2, 0) is 10.3 Å². The van der Waals surface area contributed by atoms with Crippen molar-refractivity contribution < 1.29 is 4.74 Å². The number of rotatable bonds is 3. The lowest BCUT2D eigenvalue weighted by molar-refractivity contribution is -0.00371. The number of aryl methyl sites for hydroxylation is 1. The molecule has 0 radical (unpaired) electrons. The van der Waals surface area contributed by atoms with Gasteiger partial charge in [0.15, 0.2) is 0 Å². The Kier molecular flexibility index (Phi) is 4.22. The SMILES string of the molecule is C#CCC(C#N)(c1ccc(C)cc1)N1CCOCC1. The van der Waals surface area contributed by atoms with Gasteiger partial charge >= 0.3 is 0 Å². The smallest absolute Gasteiger partial charge is 0.145 e. The summed E-state index contributed by atoms with van der Waals surface area (Å²) in [6.07, 6.45) is 5.90. The largest absolute Gasteiger partial charge is 0.379 e. The van der Waals surface area contributed by atoms with E-state index in [0.29, 0.717) is 19.6 Å². The minimum atomic E-state index is -0.730. The highest BCUT2D eigenvalue weighted by molar-refractivity contribution is 5.35. The number of morpholine rings is 1. The van der Waals surface area contributed by atoms with Crippen molar-refractivity contribution in [3.8, 4) is 18.4 Å². The van der Waals surface area contributed by atoms with Gasteiger partial charge in [0, 0.05) is 19.5 Å². The summed E-state index contributed by atoms with van der Waals surface area (Å²) in [7, 11) is 0. The molecule has 3 nitrogen and oxygen atoms in total. The van der Waals surface area contributed by atoms with Crippen molar-refractivity contribution in [3.05, 3.63) is 35.4 Å². The second-order valence-electron chi connectivity index (χ2n) is 4.82. The Labute approximate surface area is 114 Å². The van der Waals surface area contributed by atoms with Crippen LogP contribution in [0.4, 0.5) is 0 Å². The first kappa shape index (κ1) is 13.6. The standard InChI is InChI=1S/C16H18N2O/c1-3-8-16(13-17,18-9-11-19-12-10-18)15-6-4-14(2)5-7-15/h1,4-7H,8-12H2,2H3. The molecule has 3 heteroatoms. The molecular formula is C16H18N2O. The summed E-state index contributed by atoms with van der Waals surface area (Å²) in [5.74, 6) is 2.66. The van der Waals surface area contributed by atoms with Gasteiger partial charge in [0.05, 0.1) is 19.3 Å². The molecule has 1 fully saturated rings. The molecule has 1 aromatic rings. The Balaban J connectivity index is 2.41. The maximum atomic E-state index is 9.75. The van der Waals surface area contributed by atoms with Gasteiger partial charge in [-0.1, -0.05) is 29.8 Å². The average molecular weight is 254 g/mol. The van der Waals surface area contributed by atoms with Gasteiger partial charge in [-0.15, -0.1) is 12.3 Å². The second-order valence-corrected chi connectivity index (χ2v) is 4.82. The van der Waals surface area contributed by atoms with Crippen molar-refractivity contribution in [3.63, 3.8) is 0 Å². The predicted molar refractivity (Wildman–Crippen MR) is 74.3 cm³/mol. The first-order valence-corrected chi connectivity index (χ1v) is 6.47. The van der Waals surface area contributed by atoms with Crippen LogP contribution < -0.4 is 0 Å². The van der Waals surface area contributed by atoms with Crippen LogP contribution in [0.1, 0.15) is 17.5 Å². The van der Waals surface area contributed by atoms with Crippen LogP contribution in [0.25, 0.3) is 0 Å². The van der Waals surface area contributed by atoms with Crippen molar-refractivity contribution in [2.24, 2.45) is 0 Å². The molecule has 98 valence electrons. The molecule has 0 aromatic heterocycles. The number of ether oxygens (including phenoxy) is 1. The normalized spacial score (nSPS) is 19.1. The van der Waals surface area contributed by atoms with E-state index in [4.69, 9.17) is 11.2 Å². The van der Waals surface area contributed by atoms with Gasteiger partial charge in [-0.05, 0) is 12.5 Å². The van der Waals surface area contributed by atoms with Crippen molar-refractivity contribution in [2.45, 2.75) is 18.9 Å². The lowest BCUT2D eigenvalue weighted by Gasteiger charge is -2.40.